The lowest BCUT2D eigenvalue weighted by Gasteiger charge is -2.08. The van der Waals surface area contributed by atoms with Crippen LogP contribution in [-0.4, -0.2) is 30.3 Å². The van der Waals surface area contributed by atoms with Gasteiger partial charge >= 0.3 is 6.18 Å². The number of alkyl halides is 3. The third-order valence-electron chi connectivity index (χ3n) is 2.65. The number of hydrogen-bond donors (Lipinski definition) is 0. The molecule has 0 bridgehead atoms. The van der Waals surface area contributed by atoms with Crippen LogP contribution >= 0.6 is 11.8 Å². The summed E-state index contributed by atoms with van der Waals surface area (Å²) in [6, 6.07) is 3.21. The van der Waals surface area contributed by atoms with E-state index < -0.39 is 12.0 Å². The van der Waals surface area contributed by atoms with E-state index in [2.05, 4.69) is 26.7 Å². The second-order valence-electron chi connectivity index (χ2n) is 4.04. The fourth-order valence-electron chi connectivity index (χ4n) is 1.85. The lowest BCUT2D eigenvalue weighted by atomic mass is 10.4. The summed E-state index contributed by atoms with van der Waals surface area (Å²) in [6.07, 6.45) is -1.58. The van der Waals surface area contributed by atoms with Crippen LogP contribution < -0.4 is 0 Å². The minimum Gasteiger partial charge on any atom is -0.251 e. The molecule has 0 N–H and O–H groups in total. The Morgan fingerprint density at radius 2 is 2.10 bits per heavy atom. The topological polar surface area (TPSA) is 56.0 Å². The molecule has 3 aromatic rings. The summed E-state index contributed by atoms with van der Waals surface area (Å²) in [5.74, 6) is -0.605. The van der Waals surface area contributed by atoms with E-state index in [4.69, 9.17) is 0 Å². The minimum absolute atomic E-state index is 0.0420. The Labute approximate surface area is 120 Å². The van der Waals surface area contributed by atoms with Gasteiger partial charge in [-0.1, -0.05) is 17.8 Å². The van der Waals surface area contributed by atoms with Gasteiger partial charge in [0.05, 0.1) is 0 Å². The number of hydrogen-bond acceptors (Lipinski definition) is 5. The average molecular weight is 311 g/mol. The maximum atomic E-state index is 13.1. The number of pyridine rings is 1. The number of nitrogens with zero attached hydrogens (tertiary/aromatic N) is 5. The molecule has 0 saturated heterocycles. The number of thioether (sulfide) groups is 1. The van der Waals surface area contributed by atoms with E-state index in [0.717, 1.165) is 4.40 Å². The van der Waals surface area contributed by atoms with Crippen LogP contribution in [-0.2, 0) is 6.18 Å². The Morgan fingerprint density at radius 3 is 2.81 bits per heavy atom. The standard InChI is InChI=1S/C12H8F3N5S/c1-2-6-21-10-9-18-19-11(12(13,14)15)20(9)8-7(17-10)4-3-5-16-8/h2-5H,1,6H2. The lowest BCUT2D eigenvalue weighted by Crippen LogP contribution is -2.12. The highest BCUT2D eigenvalue weighted by molar-refractivity contribution is 7.99. The van der Waals surface area contributed by atoms with Crippen molar-refractivity contribution in [1.29, 1.82) is 0 Å². The predicted octanol–water partition coefficient (Wildman–Crippen LogP) is 2.97. The molecule has 0 aromatic carbocycles. The zero-order valence-corrected chi connectivity index (χ0v) is 11.3. The van der Waals surface area contributed by atoms with Gasteiger partial charge < -0.3 is 0 Å². The van der Waals surface area contributed by atoms with Crippen molar-refractivity contribution in [2.75, 3.05) is 5.75 Å². The lowest BCUT2D eigenvalue weighted by molar-refractivity contribution is -0.145. The monoisotopic (exact) mass is 311 g/mol. The van der Waals surface area contributed by atoms with Crippen LogP contribution in [0.25, 0.3) is 16.8 Å². The molecule has 3 heterocycles. The first-order chi connectivity index (χ1) is 10.0. The molecule has 3 rings (SSSR count). The summed E-state index contributed by atoms with van der Waals surface area (Å²) in [6.45, 7) is 3.58. The van der Waals surface area contributed by atoms with Crippen molar-refractivity contribution in [1.82, 2.24) is 24.6 Å². The van der Waals surface area contributed by atoms with Crippen molar-refractivity contribution < 1.29 is 13.2 Å². The van der Waals surface area contributed by atoms with Gasteiger partial charge in [0.2, 0.25) is 5.82 Å². The highest BCUT2D eigenvalue weighted by Crippen LogP contribution is 2.32. The van der Waals surface area contributed by atoms with E-state index >= 15 is 0 Å². The highest BCUT2D eigenvalue weighted by Gasteiger charge is 2.38. The molecule has 0 unspecified atom stereocenters. The Balaban J connectivity index is 2.39. The third-order valence-corrected chi connectivity index (χ3v) is 3.60. The number of fused-ring (bicyclic) bond motifs is 3. The molecule has 0 radical (unpaired) electrons. The zero-order chi connectivity index (χ0) is 15.0. The fraction of sp³-hybridized carbons (Fsp3) is 0.167. The molecular weight excluding hydrogens is 303 g/mol. The largest absolute Gasteiger partial charge is 0.452 e. The highest BCUT2D eigenvalue weighted by atomic mass is 32.2. The van der Waals surface area contributed by atoms with E-state index in [1.165, 1.54) is 18.0 Å². The van der Waals surface area contributed by atoms with Gasteiger partial charge in [0.15, 0.2) is 11.3 Å². The smallest absolute Gasteiger partial charge is 0.251 e. The summed E-state index contributed by atoms with van der Waals surface area (Å²) in [7, 11) is 0. The van der Waals surface area contributed by atoms with Crippen molar-refractivity contribution in [2.45, 2.75) is 11.2 Å². The van der Waals surface area contributed by atoms with Crippen molar-refractivity contribution in [2.24, 2.45) is 0 Å². The Morgan fingerprint density at radius 1 is 1.29 bits per heavy atom. The first-order valence-electron chi connectivity index (χ1n) is 5.83. The zero-order valence-electron chi connectivity index (χ0n) is 10.5. The number of aromatic nitrogens is 5. The SMILES string of the molecule is C=CCSc1nc2cccnc2n2c(C(F)(F)F)nnc12. The van der Waals surface area contributed by atoms with Crippen molar-refractivity contribution in [3.8, 4) is 0 Å². The summed E-state index contributed by atoms with van der Waals surface area (Å²) in [5, 5.41) is 7.24. The van der Waals surface area contributed by atoms with Gasteiger partial charge in [-0.3, -0.25) is 4.40 Å². The number of halogens is 3. The van der Waals surface area contributed by atoms with Crippen LogP contribution in [0.4, 0.5) is 13.2 Å². The molecular formula is C12H8F3N5S. The van der Waals surface area contributed by atoms with Gasteiger partial charge in [-0.2, -0.15) is 13.2 Å². The average Bonchev–Trinajstić information content (AvgIpc) is 2.90. The molecule has 5 nitrogen and oxygen atoms in total. The van der Waals surface area contributed by atoms with Crippen molar-refractivity contribution >= 4 is 28.6 Å². The normalized spacial score (nSPS) is 12.1. The van der Waals surface area contributed by atoms with Gasteiger partial charge in [0.1, 0.15) is 10.5 Å². The molecule has 108 valence electrons. The van der Waals surface area contributed by atoms with E-state index in [1.807, 2.05) is 0 Å². The minimum atomic E-state index is -4.62. The van der Waals surface area contributed by atoms with Crippen LogP contribution in [0, 0.1) is 0 Å². The maximum absolute atomic E-state index is 13.1. The first kappa shape index (κ1) is 13.8. The molecule has 9 heteroatoms. The summed E-state index contributed by atoms with van der Waals surface area (Å²) in [5.41, 5.74) is 0.468. The molecule has 0 aliphatic rings. The van der Waals surface area contributed by atoms with E-state index in [-0.39, 0.29) is 11.3 Å². The summed E-state index contributed by atoms with van der Waals surface area (Å²) < 4.78 is 40.1. The molecule has 0 atom stereocenters. The molecule has 21 heavy (non-hydrogen) atoms. The second-order valence-corrected chi connectivity index (χ2v) is 5.05. The van der Waals surface area contributed by atoms with Crippen molar-refractivity contribution in [3.05, 3.63) is 36.8 Å². The molecule has 0 aliphatic heterocycles. The first-order valence-corrected chi connectivity index (χ1v) is 6.81. The fourth-order valence-corrected chi connectivity index (χ4v) is 2.55. The van der Waals surface area contributed by atoms with Gasteiger partial charge in [0, 0.05) is 11.9 Å². The Hall–Kier alpha value is -2.16. The van der Waals surface area contributed by atoms with Gasteiger partial charge in [-0.25, -0.2) is 9.97 Å². The molecule has 3 aromatic heterocycles. The van der Waals surface area contributed by atoms with Gasteiger partial charge in [-0.15, -0.1) is 16.8 Å². The second kappa shape index (κ2) is 4.99. The molecule has 0 spiro atoms. The molecule has 0 fully saturated rings. The van der Waals surface area contributed by atoms with Crippen LogP contribution in [0.15, 0.2) is 36.0 Å². The van der Waals surface area contributed by atoms with Gasteiger partial charge in [-0.05, 0) is 12.1 Å². The van der Waals surface area contributed by atoms with Crippen LogP contribution in [0.3, 0.4) is 0 Å². The molecule has 0 saturated carbocycles. The van der Waals surface area contributed by atoms with Crippen LogP contribution in [0.2, 0.25) is 0 Å². The van der Waals surface area contributed by atoms with Gasteiger partial charge in [0.25, 0.3) is 0 Å². The van der Waals surface area contributed by atoms with Crippen LogP contribution in [0.5, 0.6) is 0 Å². The maximum Gasteiger partial charge on any atom is 0.452 e. The van der Waals surface area contributed by atoms with E-state index in [1.54, 1.807) is 18.2 Å². The predicted molar refractivity (Wildman–Crippen MR) is 72.0 cm³/mol. The van der Waals surface area contributed by atoms with Crippen LogP contribution in [0.1, 0.15) is 5.82 Å². The number of rotatable bonds is 3. The van der Waals surface area contributed by atoms with E-state index in [0.29, 0.717) is 16.3 Å². The molecule has 0 aliphatic carbocycles. The summed E-state index contributed by atoms with van der Waals surface area (Å²) in [4.78, 5) is 8.27. The third kappa shape index (κ3) is 2.33. The summed E-state index contributed by atoms with van der Waals surface area (Å²) >= 11 is 1.24. The Bertz CT molecular complexity index is 827. The van der Waals surface area contributed by atoms with Crippen molar-refractivity contribution in [3.63, 3.8) is 0 Å². The Kier molecular flexibility index (Phi) is 3.28. The quantitative estimate of drug-likeness (QED) is 0.550. The van der Waals surface area contributed by atoms with E-state index in [9.17, 15) is 13.2 Å². The molecule has 0 amide bonds.